The van der Waals surface area contributed by atoms with Gasteiger partial charge in [0.2, 0.25) is 5.16 Å². The third kappa shape index (κ3) is 3.39. The molecule has 0 saturated heterocycles. The fraction of sp³-hybridized carbons (Fsp3) is 0.158. The van der Waals surface area contributed by atoms with E-state index in [2.05, 4.69) is 46.4 Å². The summed E-state index contributed by atoms with van der Waals surface area (Å²) in [5.41, 5.74) is 5.08. The van der Waals surface area contributed by atoms with Crippen molar-refractivity contribution in [2.45, 2.75) is 24.3 Å². The van der Waals surface area contributed by atoms with Crippen molar-refractivity contribution in [2.24, 2.45) is 0 Å². The van der Waals surface area contributed by atoms with Gasteiger partial charge in [-0.25, -0.2) is 0 Å². The molecular weight excluding hydrogens is 330 g/mol. The monoisotopic (exact) mass is 347 g/mol. The molecule has 5 nitrogen and oxygen atoms in total. The molecule has 0 bridgehead atoms. The van der Waals surface area contributed by atoms with Crippen molar-refractivity contribution in [2.75, 3.05) is 0 Å². The smallest absolute Gasteiger partial charge is 0.212 e. The molecule has 25 heavy (non-hydrogen) atoms. The Morgan fingerprint density at radius 1 is 0.960 bits per heavy atom. The van der Waals surface area contributed by atoms with Crippen LogP contribution in [0.1, 0.15) is 18.2 Å². The van der Waals surface area contributed by atoms with Crippen LogP contribution in [0.4, 0.5) is 0 Å². The summed E-state index contributed by atoms with van der Waals surface area (Å²) in [5, 5.41) is 14.0. The SMILES string of the molecule is CCc1ccc(-c2ccc3nnc(SCc4ccccn4)n3n2)cc1. The number of fused-ring (bicyclic) bond motifs is 1. The number of aromatic nitrogens is 5. The van der Waals surface area contributed by atoms with Crippen molar-refractivity contribution in [1.82, 2.24) is 24.8 Å². The van der Waals surface area contributed by atoms with Crippen molar-refractivity contribution in [3.63, 3.8) is 0 Å². The molecule has 0 saturated carbocycles. The minimum atomic E-state index is 0.735. The van der Waals surface area contributed by atoms with Crippen LogP contribution in [-0.4, -0.2) is 24.8 Å². The number of rotatable bonds is 5. The summed E-state index contributed by atoms with van der Waals surface area (Å²) < 4.78 is 1.80. The Kier molecular flexibility index (Phi) is 4.43. The van der Waals surface area contributed by atoms with E-state index in [-0.39, 0.29) is 0 Å². The molecule has 4 rings (SSSR count). The van der Waals surface area contributed by atoms with Crippen molar-refractivity contribution < 1.29 is 0 Å². The Morgan fingerprint density at radius 3 is 2.60 bits per heavy atom. The van der Waals surface area contributed by atoms with Gasteiger partial charge in [0, 0.05) is 17.5 Å². The fourth-order valence-electron chi connectivity index (χ4n) is 2.55. The van der Waals surface area contributed by atoms with E-state index >= 15 is 0 Å². The largest absolute Gasteiger partial charge is 0.260 e. The standard InChI is InChI=1S/C19H17N5S/c1-2-14-6-8-15(9-7-14)17-10-11-18-21-22-19(24(18)23-17)25-13-16-5-3-4-12-20-16/h3-12H,2,13H2,1H3. The van der Waals surface area contributed by atoms with E-state index in [1.54, 1.807) is 22.5 Å². The van der Waals surface area contributed by atoms with Gasteiger partial charge in [-0.3, -0.25) is 4.98 Å². The highest BCUT2D eigenvalue weighted by molar-refractivity contribution is 7.98. The van der Waals surface area contributed by atoms with Gasteiger partial charge in [0.25, 0.3) is 0 Å². The number of thioether (sulfide) groups is 1. The first kappa shape index (κ1) is 15.8. The number of benzene rings is 1. The predicted molar refractivity (Wildman–Crippen MR) is 99.4 cm³/mol. The topological polar surface area (TPSA) is 56.0 Å². The average molecular weight is 347 g/mol. The zero-order chi connectivity index (χ0) is 17.1. The second-order valence-corrected chi connectivity index (χ2v) is 6.57. The molecule has 0 aliphatic carbocycles. The van der Waals surface area contributed by atoms with Crippen LogP contribution < -0.4 is 0 Å². The maximum Gasteiger partial charge on any atom is 0.212 e. The van der Waals surface area contributed by atoms with Gasteiger partial charge in [-0.1, -0.05) is 49.0 Å². The van der Waals surface area contributed by atoms with E-state index in [9.17, 15) is 0 Å². The molecule has 0 amide bonds. The molecular formula is C19H17N5S. The molecule has 0 radical (unpaired) electrons. The van der Waals surface area contributed by atoms with Gasteiger partial charge in [0.05, 0.1) is 11.4 Å². The highest BCUT2D eigenvalue weighted by Gasteiger charge is 2.10. The second-order valence-electron chi connectivity index (χ2n) is 5.63. The van der Waals surface area contributed by atoms with Gasteiger partial charge in [-0.05, 0) is 36.2 Å². The number of nitrogens with zero attached hydrogens (tertiary/aromatic N) is 5. The van der Waals surface area contributed by atoms with Gasteiger partial charge < -0.3 is 0 Å². The molecule has 3 heterocycles. The Labute approximate surface area is 150 Å². The molecule has 0 N–H and O–H groups in total. The van der Waals surface area contributed by atoms with Crippen molar-refractivity contribution in [3.05, 3.63) is 72.1 Å². The summed E-state index contributed by atoms with van der Waals surface area (Å²) in [6.45, 7) is 2.15. The number of hydrogen-bond acceptors (Lipinski definition) is 5. The van der Waals surface area contributed by atoms with Crippen LogP contribution in [0.3, 0.4) is 0 Å². The molecule has 1 aromatic carbocycles. The lowest BCUT2D eigenvalue weighted by Crippen LogP contribution is -1.97. The molecule has 0 aliphatic heterocycles. The van der Waals surface area contributed by atoms with Gasteiger partial charge in [-0.15, -0.1) is 10.2 Å². The molecule has 0 unspecified atom stereocenters. The molecule has 3 aromatic heterocycles. The summed E-state index contributed by atoms with van der Waals surface area (Å²) in [6, 6.07) is 18.3. The first-order valence-corrected chi connectivity index (χ1v) is 9.16. The minimum Gasteiger partial charge on any atom is -0.260 e. The van der Waals surface area contributed by atoms with E-state index in [0.717, 1.165) is 39.9 Å². The fourth-order valence-corrected chi connectivity index (χ4v) is 3.35. The lowest BCUT2D eigenvalue weighted by Gasteiger charge is -2.04. The second kappa shape index (κ2) is 7.03. The molecule has 0 aliphatic rings. The first-order valence-electron chi connectivity index (χ1n) is 8.18. The summed E-state index contributed by atoms with van der Waals surface area (Å²) >= 11 is 1.58. The highest BCUT2D eigenvalue weighted by Crippen LogP contribution is 2.23. The van der Waals surface area contributed by atoms with Crippen LogP contribution in [0, 0.1) is 0 Å². The van der Waals surface area contributed by atoms with Crippen molar-refractivity contribution >= 4 is 17.4 Å². The van der Waals surface area contributed by atoms with Crippen molar-refractivity contribution in [3.8, 4) is 11.3 Å². The molecule has 0 fully saturated rings. The third-order valence-electron chi connectivity index (χ3n) is 3.97. The summed E-state index contributed by atoms with van der Waals surface area (Å²) in [7, 11) is 0. The zero-order valence-corrected chi connectivity index (χ0v) is 14.6. The highest BCUT2D eigenvalue weighted by atomic mass is 32.2. The van der Waals surface area contributed by atoms with E-state index < -0.39 is 0 Å². The molecule has 0 atom stereocenters. The minimum absolute atomic E-state index is 0.735. The summed E-state index contributed by atoms with van der Waals surface area (Å²) in [5.74, 6) is 0.735. The maximum absolute atomic E-state index is 4.72. The molecule has 6 heteroatoms. The van der Waals surface area contributed by atoms with Gasteiger partial charge in [-0.2, -0.15) is 9.61 Å². The molecule has 4 aromatic rings. The van der Waals surface area contributed by atoms with Crippen LogP contribution in [0.2, 0.25) is 0 Å². The number of hydrogen-bond donors (Lipinski definition) is 0. The van der Waals surface area contributed by atoms with E-state index in [4.69, 9.17) is 5.10 Å². The Balaban J connectivity index is 1.62. The summed E-state index contributed by atoms with van der Waals surface area (Å²) in [4.78, 5) is 4.34. The molecule has 0 spiro atoms. The Morgan fingerprint density at radius 2 is 1.84 bits per heavy atom. The quantitative estimate of drug-likeness (QED) is 0.510. The van der Waals surface area contributed by atoms with Crippen LogP contribution in [0.15, 0.2) is 66.0 Å². The lowest BCUT2D eigenvalue weighted by atomic mass is 10.1. The summed E-state index contributed by atoms with van der Waals surface area (Å²) in [6.07, 6.45) is 2.83. The normalized spacial score (nSPS) is 11.1. The Hall–Kier alpha value is -2.73. The van der Waals surface area contributed by atoms with Gasteiger partial charge in [0.15, 0.2) is 5.65 Å². The van der Waals surface area contributed by atoms with Crippen LogP contribution >= 0.6 is 11.8 Å². The zero-order valence-electron chi connectivity index (χ0n) is 13.8. The predicted octanol–water partition coefficient (Wildman–Crippen LogP) is 4.04. The molecule has 124 valence electrons. The van der Waals surface area contributed by atoms with E-state index in [1.165, 1.54) is 5.56 Å². The van der Waals surface area contributed by atoms with E-state index in [1.807, 2.05) is 30.3 Å². The third-order valence-corrected chi connectivity index (χ3v) is 4.92. The van der Waals surface area contributed by atoms with Gasteiger partial charge >= 0.3 is 0 Å². The average Bonchev–Trinajstić information content (AvgIpc) is 3.09. The first-order chi connectivity index (χ1) is 12.3. The number of pyridine rings is 1. The Bertz CT molecular complexity index is 980. The number of aryl methyl sites for hydroxylation is 1. The maximum atomic E-state index is 4.72. The van der Waals surface area contributed by atoms with Crippen molar-refractivity contribution in [1.29, 1.82) is 0 Å². The lowest BCUT2D eigenvalue weighted by molar-refractivity contribution is 0.812. The van der Waals surface area contributed by atoms with E-state index in [0.29, 0.717) is 0 Å². The van der Waals surface area contributed by atoms with Crippen LogP contribution in [0.5, 0.6) is 0 Å². The van der Waals surface area contributed by atoms with Gasteiger partial charge in [0.1, 0.15) is 0 Å². The van der Waals surface area contributed by atoms with Crippen LogP contribution in [0.25, 0.3) is 16.9 Å². The van der Waals surface area contributed by atoms with Crippen LogP contribution in [-0.2, 0) is 12.2 Å².